The first-order valence-corrected chi connectivity index (χ1v) is 7.01. The second-order valence-corrected chi connectivity index (χ2v) is 5.08. The van der Waals surface area contributed by atoms with Crippen molar-refractivity contribution < 1.29 is 13.3 Å². The van der Waals surface area contributed by atoms with Crippen molar-refractivity contribution >= 4 is 12.4 Å². The third-order valence-electron chi connectivity index (χ3n) is 3.40. The van der Waals surface area contributed by atoms with Crippen LogP contribution in [-0.2, 0) is 6.42 Å². The summed E-state index contributed by atoms with van der Waals surface area (Å²) in [6.07, 6.45) is 0.672. The molecule has 122 valence electrons. The van der Waals surface area contributed by atoms with Gasteiger partial charge in [0, 0.05) is 18.0 Å². The van der Waals surface area contributed by atoms with Crippen LogP contribution in [0.25, 0.3) is 23.0 Å². The molecule has 2 heterocycles. The number of furan rings is 1. The normalized spacial score (nSPS) is 12.0. The van der Waals surface area contributed by atoms with Gasteiger partial charge in [-0.3, -0.25) is 0 Å². The van der Waals surface area contributed by atoms with Gasteiger partial charge in [-0.25, -0.2) is 4.39 Å². The highest BCUT2D eigenvalue weighted by molar-refractivity contribution is 5.85. The van der Waals surface area contributed by atoms with Gasteiger partial charge in [-0.05, 0) is 50.4 Å². The minimum atomic E-state index is -0.282. The second kappa shape index (κ2) is 7.39. The Balaban J connectivity index is 0.00000192. The van der Waals surface area contributed by atoms with Gasteiger partial charge in [0.2, 0.25) is 0 Å². The summed E-state index contributed by atoms with van der Waals surface area (Å²) < 4.78 is 23.9. The van der Waals surface area contributed by atoms with E-state index in [1.165, 1.54) is 12.1 Å². The SMILES string of the molecule is CNC(C)Cc1noc(-c2ccc(-c3ccc(F)cc3)o2)n1.Cl. The number of halogens is 2. The maximum atomic E-state index is 12.9. The van der Waals surface area contributed by atoms with Crippen LogP contribution >= 0.6 is 12.4 Å². The predicted octanol–water partition coefficient (Wildman–Crippen LogP) is 3.71. The van der Waals surface area contributed by atoms with E-state index < -0.39 is 0 Å². The molecule has 0 bridgehead atoms. The molecule has 5 nitrogen and oxygen atoms in total. The summed E-state index contributed by atoms with van der Waals surface area (Å²) >= 11 is 0. The molecule has 0 saturated carbocycles. The molecule has 0 fully saturated rings. The molecule has 0 saturated heterocycles. The Kier molecular flexibility index (Phi) is 5.52. The van der Waals surface area contributed by atoms with Crippen molar-refractivity contribution in [3.05, 3.63) is 48.0 Å². The van der Waals surface area contributed by atoms with E-state index in [2.05, 4.69) is 15.5 Å². The van der Waals surface area contributed by atoms with Crippen LogP contribution in [0, 0.1) is 5.82 Å². The van der Waals surface area contributed by atoms with Gasteiger partial charge in [0.25, 0.3) is 5.89 Å². The zero-order valence-electron chi connectivity index (χ0n) is 12.7. The first-order chi connectivity index (χ1) is 10.7. The van der Waals surface area contributed by atoms with Crippen LogP contribution in [-0.4, -0.2) is 23.2 Å². The van der Waals surface area contributed by atoms with Crippen LogP contribution in [0.4, 0.5) is 4.39 Å². The van der Waals surface area contributed by atoms with Crippen LogP contribution < -0.4 is 5.32 Å². The summed E-state index contributed by atoms with van der Waals surface area (Å²) in [5, 5.41) is 7.06. The molecule has 3 rings (SSSR count). The molecule has 0 radical (unpaired) electrons. The molecule has 23 heavy (non-hydrogen) atoms. The van der Waals surface area contributed by atoms with Gasteiger partial charge >= 0.3 is 0 Å². The van der Waals surface area contributed by atoms with Crippen molar-refractivity contribution in [1.29, 1.82) is 0 Å². The van der Waals surface area contributed by atoms with Gasteiger partial charge in [0.05, 0.1) is 0 Å². The van der Waals surface area contributed by atoms with Crippen LogP contribution in [0.1, 0.15) is 12.7 Å². The fraction of sp³-hybridized carbons (Fsp3) is 0.250. The molecule has 1 aromatic carbocycles. The Morgan fingerprint density at radius 3 is 2.52 bits per heavy atom. The van der Waals surface area contributed by atoms with Gasteiger partial charge < -0.3 is 14.3 Å². The van der Waals surface area contributed by atoms with E-state index in [1.807, 2.05) is 14.0 Å². The van der Waals surface area contributed by atoms with E-state index in [9.17, 15) is 4.39 Å². The Labute approximate surface area is 139 Å². The maximum Gasteiger partial charge on any atom is 0.293 e. The van der Waals surface area contributed by atoms with E-state index in [0.717, 1.165) is 5.56 Å². The standard InChI is InChI=1S/C16H16FN3O2.ClH/c1-10(18-2)9-15-19-16(22-20-15)14-8-7-13(21-14)11-3-5-12(17)6-4-11;/h3-8,10,18H,9H2,1-2H3;1H. The first-order valence-electron chi connectivity index (χ1n) is 7.01. The molecule has 3 aromatic rings. The van der Waals surface area contributed by atoms with E-state index in [1.54, 1.807) is 24.3 Å². The molecule has 1 unspecified atom stereocenters. The van der Waals surface area contributed by atoms with E-state index in [-0.39, 0.29) is 24.3 Å². The number of likely N-dealkylation sites (N-methyl/N-ethyl adjacent to an activating group) is 1. The summed E-state index contributed by atoms with van der Waals surface area (Å²) in [7, 11) is 1.88. The van der Waals surface area contributed by atoms with E-state index >= 15 is 0 Å². The average Bonchev–Trinajstić information content (AvgIpc) is 3.17. The van der Waals surface area contributed by atoms with Crippen LogP contribution in [0.3, 0.4) is 0 Å². The monoisotopic (exact) mass is 337 g/mol. The molecule has 1 atom stereocenters. The highest BCUT2D eigenvalue weighted by Crippen LogP contribution is 2.27. The first kappa shape index (κ1) is 17.2. The van der Waals surface area contributed by atoms with Crippen LogP contribution in [0.2, 0.25) is 0 Å². The number of hydrogen-bond acceptors (Lipinski definition) is 5. The molecule has 0 spiro atoms. The van der Waals surface area contributed by atoms with Crippen molar-refractivity contribution in [2.45, 2.75) is 19.4 Å². The largest absolute Gasteiger partial charge is 0.451 e. The average molecular weight is 338 g/mol. The van der Waals surface area contributed by atoms with Crippen molar-refractivity contribution in [3.63, 3.8) is 0 Å². The lowest BCUT2D eigenvalue weighted by molar-refractivity contribution is 0.406. The molecule has 2 aromatic heterocycles. The molecular weight excluding hydrogens is 321 g/mol. The summed E-state index contributed by atoms with van der Waals surface area (Å²) in [6.45, 7) is 2.04. The number of nitrogens with zero attached hydrogens (tertiary/aromatic N) is 2. The van der Waals surface area contributed by atoms with Crippen LogP contribution in [0.15, 0.2) is 45.3 Å². The maximum absolute atomic E-state index is 12.9. The molecule has 0 aliphatic heterocycles. The Morgan fingerprint density at radius 1 is 1.13 bits per heavy atom. The smallest absolute Gasteiger partial charge is 0.293 e. The molecule has 0 amide bonds. The summed E-state index contributed by atoms with van der Waals surface area (Å²) in [4.78, 5) is 4.32. The molecule has 7 heteroatoms. The third kappa shape index (κ3) is 3.97. The van der Waals surface area contributed by atoms with Gasteiger partial charge in [0.1, 0.15) is 11.6 Å². The fourth-order valence-corrected chi connectivity index (χ4v) is 2.04. The van der Waals surface area contributed by atoms with Gasteiger partial charge in [-0.1, -0.05) is 5.16 Å². The minimum absolute atomic E-state index is 0. The Hall–Kier alpha value is -2.18. The lowest BCUT2D eigenvalue weighted by atomic mass is 10.2. The number of benzene rings is 1. The number of aromatic nitrogens is 2. The highest BCUT2D eigenvalue weighted by atomic mass is 35.5. The number of rotatable bonds is 5. The zero-order valence-corrected chi connectivity index (χ0v) is 13.6. The molecular formula is C16H17ClFN3O2. The fourth-order valence-electron chi connectivity index (χ4n) is 2.04. The quantitative estimate of drug-likeness (QED) is 0.769. The van der Waals surface area contributed by atoms with Gasteiger partial charge in [-0.15, -0.1) is 12.4 Å². The lowest BCUT2D eigenvalue weighted by Gasteiger charge is -2.04. The summed E-state index contributed by atoms with van der Waals surface area (Å²) in [6, 6.07) is 9.91. The van der Waals surface area contributed by atoms with Crippen molar-refractivity contribution in [3.8, 4) is 23.0 Å². The predicted molar refractivity (Wildman–Crippen MR) is 86.9 cm³/mol. The van der Waals surface area contributed by atoms with E-state index in [0.29, 0.717) is 29.7 Å². The van der Waals surface area contributed by atoms with E-state index in [4.69, 9.17) is 8.94 Å². The zero-order chi connectivity index (χ0) is 15.5. The van der Waals surface area contributed by atoms with Gasteiger partial charge in [-0.2, -0.15) is 4.98 Å². The van der Waals surface area contributed by atoms with Crippen molar-refractivity contribution in [1.82, 2.24) is 15.5 Å². The molecule has 1 N–H and O–H groups in total. The van der Waals surface area contributed by atoms with Crippen LogP contribution in [0.5, 0.6) is 0 Å². The minimum Gasteiger partial charge on any atom is -0.451 e. The third-order valence-corrected chi connectivity index (χ3v) is 3.40. The summed E-state index contributed by atoms with van der Waals surface area (Å²) in [5.74, 6) is 1.80. The van der Waals surface area contributed by atoms with Crippen molar-refractivity contribution in [2.75, 3.05) is 7.05 Å². The highest BCUT2D eigenvalue weighted by Gasteiger charge is 2.15. The lowest BCUT2D eigenvalue weighted by Crippen LogP contribution is -2.24. The number of nitrogens with one attached hydrogen (secondary N) is 1. The second-order valence-electron chi connectivity index (χ2n) is 5.08. The Bertz CT molecular complexity index is 755. The summed E-state index contributed by atoms with van der Waals surface area (Å²) in [5.41, 5.74) is 0.788. The van der Waals surface area contributed by atoms with Gasteiger partial charge in [0.15, 0.2) is 11.6 Å². The molecule has 0 aliphatic rings. The molecule has 0 aliphatic carbocycles. The topological polar surface area (TPSA) is 64.1 Å². The van der Waals surface area contributed by atoms with Crippen molar-refractivity contribution in [2.24, 2.45) is 0 Å². The Morgan fingerprint density at radius 2 is 1.83 bits per heavy atom. The number of hydrogen-bond donors (Lipinski definition) is 1.